The molecule has 3 aromatic carbocycles. The van der Waals surface area contributed by atoms with E-state index in [1.165, 1.54) is 5.56 Å². The number of benzene rings is 3. The number of carbonyl (C=O) groups excluding carboxylic acids is 2. The van der Waals surface area contributed by atoms with Crippen LogP contribution in [0.15, 0.2) is 84.1 Å². The molecule has 0 fully saturated rings. The van der Waals surface area contributed by atoms with E-state index in [1.807, 2.05) is 42.5 Å². The van der Waals surface area contributed by atoms with Crippen molar-refractivity contribution in [1.29, 1.82) is 0 Å². The van der Waals surface area contributed by atoms with Crippen molar-refractivity contribution in [3.05, 3.63) is 107 Å². The first kappa shape index (κ1) is 24.3. The Labute approximate surface area is 216 Å². The number of aromatic nitrogens is 2. The molecule has 0 aliphatic carbocycles. The topological polar surface area (TPSA) is 102 Å². The van der Waals surface area contributed by atoms with E-state index in [4.69, 9.17) is 5.73 Å². The molecule has 0 spiro atoms. The van der Waals surface area contributed by atoms with Gasteiger partial charge in [-0.15, -0.1) is 0 Å². The third-order valence-corrected chi connectivity index (χ3v) is 6.40. The molecule has 1 aromatic heterocycles. The molecule has 1 amide bonds. The summed E-state index contributed by atoms with van der Waals surface area (Å²) in [7, 11) is 0. The smallest absolute Gasteiger partial charge is 0.248 e. The summed E-state index contributed by atoms with van der Waals surface area (Å²) in [5.41, 5.74) is 11.7. The highest BCUT2D eigenvalue weighted by Gasteiger charge is 2.31. The first-order valence-electron chi connectivity index (χ1n) is 12.2. The number of ketones is 1. The van der Waals surface area contributed by atoms with Crippen molar-refractivity contribution in [2.24, 2.45) is 10.7 Å². The fourth-order valence-corrected chi connectivity index (χ4v) is 4.45. The molecule has 37 heavy (non-hydrogen) atoms. The number of aliphatic imine (C=N–C) groups is 1. The molecule has 1 unspecified atom stereocenters. The van der Waals surface area contributed by atoms with Gasteiger partial charge in [0.15, 0.2) is 0 Å². The van der Waals surface area contributed by atoms with Gasteiger partial charge >= 0.3 is 0 Å². The van der Waals surface area contributed by atoms with E-state index in [0.717, 1.165) is 23.2 Å². The molecule has 1 aliphatic heterocycles. The van der Waals surface area contributed by atoms with E-state index < -0.39 is 11.9 Å². The first-order chi connectivity index (χ1) is 17.7. The molecule has 186 valence electrons. The van der Waals surface area contributed by atoms with Gasteiger partial charge in [-0.2, -0.15) is 0 Å². The fourth-order valence-electron chi connectivity index (χ4n) is 4.45. The molecule has 1 atom stereocenters. The van der Waals surface area contributed by atoms with E-state index in [0.29, 0.717) is 22.6 Å². The van der Waals surface area contributed by atoms with Crippen LogP contribution in [0, 0.1) is 0 Å². The summed E-state index contributed by atoms with van der Waals surface area (Å²) in [6, 6.07) is 22.5. The van der Waals surface area contributed by atoms with Crippen LogP contribution >= 0.6 is 0 Å². The minimum Gasteiger partial charge on any atom is -0.366 e. The predicted octanol–water partition coefficient (Wildman–Crippen LogP) is 4.88. The van der Waals surface area contributed by atoms with Gasteiger partial charge in [0.05, 0.1) is 6.21 Å². The molecule has 1 aliphatic rings. The molecule has 0 bridgehead atoms. The molecule has 4 aromatic rings. The molecule has 7 nitrogen and oxygen atoms in total. The number of imidazole rings is 1. The van der Waals surface area contributed by atoms with Crippen molar-refractivity contribution in [2.75, 3.05) is 0 Å². The SMILES string of the molecule is CC(C)(C)NCc1ccccc1-c1ccc(C2N=Cc3ncn(-c4cccc(C(N)=O)c4)c3C2=O)cc1. The average Bonchev–Trinajstić information content (AvgIpc) is 3.33. The van der Waals surface area contributed by atoms with Crippen molar-refractivity contribution in [3.8, 4) is 16.8 Å². The summed E-state index contributed by atoms with van der Waals surface area (Å²) in [5.74, 6) is -0.681. The van der Waals surface area contributed by atoms with Crippen LogP contribution in [-0.2, 0) is 6.54 Å². The molecule has 2 heterocycles. The lowest BCUT2D eigenvalue weighted by molar-refractivity contribution is 0.0952. The predicted molar refractivity (Wildman–Crippen MR) is 145 cm³/mol. The molecule has 0 saturated carbocycles. The zero-order valence-electron chi connectivity index (χ0n) is 21.1. The van der Waals surface area contributed by atoms with Crippen molar-refractivity contribution >= 4 is 17.9 Å². The second kappa shape index (κ2) is 9.59. The summed E-state index contributed by atoms with van der Waals surface area (Å²) in [5, 5.41) is 3.55. The number of amides is 1. The second-order valence-electron chi connectivity index (χ2n) is 10.2. The molecule has 3 N–H and O–H groups in total. The molecular formula is C30H29N5O2. The lowest BCUT2D eigenvalue weighted by atomic mass is 9.94. The number of Topliss-reactive ketones (excluding diaryl/α,β-unsaturated/α-hetero) is 1. The molecule has 5 rings (SSSR count). The number of nitrogens with two attached hydrogens (primary N) is 1. The Morgan fingerprint density at radius 1 is 1.03 bits per heavy atom. The summed E-state index contributed by atoms with van der Waals surface area (Å²) >= 11 is 0. The Morgan fingerprint density at radius 3 is 2.51 bits per heavy atom. The van der Waals surface area contributed by atoms with Crippen LogP contribution in [0.2, 0.25) is 0 Å². The average molecular weight is 492 g/mol. The largest absolute Gasteiger partial charge is 0.366 e. The lowest BCUT2D eigenvalue weighted by Crippen LogP contribution is -2.35. The van der Waals surface area contributed by atoms with Crippen LogP contribution in [0.5, 0.6) is 0 Å². The maximum atomic E-state index is 13.6. The highest BCUT2D eigenvalue weighted by molar-refractivity contribution is 6.08. The van der Waals surface area contributed by atoms with Gasteiger partial charge in [0.25, 0.3) is 0 Å². The molecular weight excluding hydrogens is 462 g/mol. The van der Waals surface area contributed by atoms with E-state index in [9.17, 15) is 9.59 Å². The van der Waals surface area contributed by atoms with Gasteiger partial charge in [0.2, 0.25) is 11.7 Å². The van der Waals surface area contributed by atoms with Gasteiger partial charge in [-0.3, -0.25) is 19.1 Å². The quantitative estimate of drug-likeness (QED) is 0.401. The lowest BCUT2D eigenvalue weighted by Gasteiger charge is -2.22. The maximum Gasteiger partial charge on any atom is 0.248 e. The highest BCUT2D eigenvalue weighted by Crippen LogP contribution is 2.31. The Balaban J connectivity index is 1.43. The van der Waals surface area contributed by atoms with Crippen LogP contribution in [0.1, 0.15) is 64.5 Å². The summed E-state index contributed by atoms with van der Waals surface area (Å²) in [6.07, 6.45) is 3.21. The molecule has 0 radical (unpaired) electrons. The highest BCUT2D eigenvalue weighted by atomic mass is 16.1. The number of nitrogens with zero attached hydrogens (tertiary/aromatic N) is 3. The Hall–Kier alpha value is -4.36. The van der Waals surface area contributed by atoms with Crippen molar-refractivity contribution in [3.63, 3.8) is 0 Å². The van der Waals surface area contributed by atoms with Crippen molar-refractivity contribution in [2.45, 2.75) is 38.9 Å². The number of primary amides is 1. The van der Waals surface area contributed by atoms with Gasteiger partial charge < -0.3 is 11.1 Å². The van der Waals surface area contributed by atoms with E-state index in [-0.39, 0.29) is 11.3 Å². The number of rotatable bonds is 6. The third-order valence-electron chi connectivity index (χ3n) is 6.40. The minimum atomic E-state index is -0.672. The Kier molecular flexibility index (Phi) is 6.31. The van der Waals surface area contributed by atoms with E-state index in [1.54, 1.807) is 35.3 Å². The number of hydrogen-bond donors (Lipinski definition) is 2. The number of fused-ring (bicyclic) bond motifs is 1. The Morgan fingerprint density at radius 2 is 1.78 bits per heavy atom. The summed E-state index contributed by atoms with van der Waals surface area (Å²) in [6.45, 7) is 7.21. The van der Waals surface area contributed by atoms with Crippen LogP contribution in [0.3, 0.4) is 0 Å². The van der Waals surface area contributed by atoms with Gasteiger partial charge in [-0.05, 0) is 61.2 Å². The van der Waals surface area contributed by atoms with E-state index >= 15 is 0 Å². The van der Waals surface area contributed by atoms with Crippen LogP contribution < -0.4 is 11.1 Å². The third kappa shape index (κ3) is 4.99. The van der Waals surface area contributed by atoms with Crippen LogP contribution in [-0.4, -0.2) is 33.0 Å². The van der Waals surface area contributed by atoms with Gasteiger partial charge in [-0.25, -0.2) is 4.98 Å². The van der Waals surface area contributed by atoms with Gasteiger partial charge in [-0.1, -0.05) is 54.6 Å². The zero-order valence-corrected chi connectivity index (χ0v) is 21.1. The standard InChI is InChI=1S/C30H29N5O2/c1-30(2,3)34-16-22-7-4-5-10-24(22)19-11-13-20(14-12-19)26-28(36)27-25(17-32-26)33-18-35(27)23-9-6-8-21(15-23)29(31)37/h4-15,17-18,26,34H,16H2,1-3H3,(H2,31,37). The van der Waals surface area contributed by atoms with Gasteiger partial charge in [0, 0.05) is 23.3 Å². The van der Waals surface area contributed by atoms with Crippen molar-refractivity contribution in [1.82, 2.24) is 14.9 Å². The normalized spacial score (nSPS) is 15.0. The van der Waals surface area contributed by atoms with E-state index in [2.05, 4.69) is 48.2 Å². The Bertz CT molecular complexity index is 1510. The minimum absolute atomic E-state index is 0.0167. The summed E-state index contributed by atoms with van der Waals surface area (Å²) < 4.78 is 1.69. The number of hydrogen-bond acceptors (Lipinski definition) is 5. The van der Waals surface area contributed by atoms with Crippen LogP contribution in [0.25, 0.3) is 16.8 Å². The zero-order chi connectivity index (χ0) is 26.2. The first-order valence-corrected chi connectivity index (χ1v) is 12.2. The monoisotopic (exact) mass is 491 g/mol. The van der Waals surface area contributed by atoms with Crippen LogP contribution in [0.4, 0.5) is 0 Å². The maximum absolute atomic E-state index is 13.6. The molecule has 0 saturated heterocycles. The number of carbonyl (C=O) groups is 2. The second-order valence-corrected chi connectivity index (χ2v) is 10.2. The number of nitrogens with one attached hydrogen (secondary N) is 1. The van der Waals surface area contributed by atoms with Gasteiger partial charge in [0.1, 0.15) is 23.8 Å². The summed E-state index contributed by atoms with van der Waals surface area (Å²) in [4.78, 5) is 34.1. The fraction of sp³-hybridized carbons (Fsp3) is 0.200. The molecule has 7 heteroatoms. The van der Waals surface area contributed by atoms with Crippen molar-refractivity contribution < 1.29 is 9.59 Å².